The molecule has 2 rings (SSSR count). The molecule has 0 atom stereocenters. The summed E-state index contributed by atoms with van der Waals surface area (Å²) in [5.74, 6) is -0.871. The fourth-order valence-electron chi connectivity index (χ4n) is 2.75. The van der Waals surface area contributed by atoms with Crippen molar-refractivity contribution in [1.29, 1.82) is 0 Å². The molecule has 98 valence electrons. The third-order valence-corrected chi connectivity index (χ3v) is 4.83. The molecule has 1 aliphatic carbocycles. The Labute approximate surface area is 117 Å². The first-order valence-electron chi connectivity index (χ1n) is 6.23. The Morgan fingerprint density at radius 1 is 1.11 bits per heavy atom. The smallest absolute Gasteiger partial charge is 0.336 e. The molecule has 0 aliphatic heterocycles. The molecule has 1 N–H and O–H groups in total. The standard InChI is InChI=1S/C15H19BrO2/c1-14(2)5-6-15(3,4)11-8-12(16)9(13(17)18)7-10(11)14/h7-8H,5-6H2,1-4H3,(H,17,18). The molecule has 0 unspecified atom stereocenters. The molecule has 0 saturated carbocycles. The van der Waals surface area contributed by atoms with Crippen LogP contribution in [0.3, 0.4) is 0 Å². The second kappa shape index (κ2) is 4.09. The van der Waals surface area contributed by atoms with E-state index in [1.54, 1.807) is 0 Å². The van der Waals surface area contributed by atoms with Crippen LogP contribution in [0.5, 0.6) is 0 Å². The van der Waals surface area contributed by atoms with Crippen molar-refractivity contribution in [2.75, 3.05) is 0 Å². The van der Waals surface area contributed by atoms with Gasteiger partial charge >= 0.3 is 5.97 Å². The number of hydrogen-bond acceptors (Lipinski definition) is 1. The van der Waals surface area contributed by atoms with Gasteiger partial charge < -0.3 is 5.11 Å². The summed E-state index contributed by atoms with van der Waals surface area (Å²) < 4.78 is 0.680. The van der Waals surface area contributed by atoms with Crippen molar-refractivity contribution >= 4 is 21.9 Å². The number of fused-ring (bicyclic) bond motifs is 1. The molecule has 0 amide bonds. The molecule has 0 radical (unpaired) electrons. The van der Waals surface area contributed by atoms with Gasteiger partial charge in [0.25, 0.3) is 0 Å². The Morgan fingerprint density at radius 2 is 1.56 bits per heavy atom. The minimum atomic E-state index is -0.871. The van der Waals surface area contributed by atoms with Crippen LogP contribution >= 0.6 is 15.9 Å². The summed E-state index contributed by atoms with van der Waals surface area (Å²) in [5.41, 5.74) is 2.98. The quantitative estimate of drug-likeness (QED) is 0.829. The predicted molar refractivity (Wildman–Crippen MR) is 76.4 cm³/mol. The maximum Gasteiger partial charge on any atom is 0.336 e. The second-order valence-electron chi connectivity index (χ2n) is 6.45. The Morgan fingerprint density at radius 3 is 2.00 bits per heavy atom. The number of rotatable bonds is 1. The minimum absolute atomic E-state index is 0.0513. The van der Waals surface area contributed by atoms with E-state index in [4.69, 9.17) is 0 Å². The van der Waals surface area contributed by atoms with E-state index < -0.39 is 5.97 Å². The topological polar surface area (TPSA) is 37.3 Å². The zero-order valence-electron chi connectivity index (χ0n) is 11.3. The molecule has 18 heavy (non-hydrogen) atoms. The average molecular weight is 311 g/mol. The van der Waals surface area contributed by atoms with E-state index in [9.17, 15) is 9.90 Å². The molecule has 0 spiro atoms. The molecule has 3 heteroatoms. The zero-order chi connectivity index (χ0) is 13.7. The van der Waals surface area contributed by atoms with Crippen LogP contribution in [0.25, 0.3) is 0 Å². The predicted octanol–water partition coefficient (Wildman–Crippen LogP) is 4.50. The van der Waals surface area contributed by atoms with Crippen LogP contribution in [-0.4, -0.2) is 11.1 Å². The van der Waals surface area contributed by atoms with Gasteiger partial charge in [-0.15, -0.1) is 0 Å². The van der Waals surface area contributed by atoms with Crippen molar-refractivity contribution < 1.29 is 9.90 Å². The zero-order valence-corrected chi connectivity index (χ0v) is 12.9. The Balaban J connectivity index is 2.73. The summed E-state index contributed by atoms with van der Waals surface area (Å²) in [5, 5.41) is 9.24. The third kappa shape index (κ3) is 2.09. The van der Waals surface area contributed by atoms with Crippen molar-refractivity contribution in [2.45, 2.75) is 51.4 Å². The summed E-state index contributed by atoms with van der Waals surface area (Å²) in [6, 6.07) is 3.85. The lowest BCUT2D eigenvalue weighted by atomic mass is 9.63. The van der Waals surface area contributed by atoms with Gasteiger partial charge in [-0.05, 0) is 62.9 Å². The first kappa shape index (κ1) is 13.6. The van der Waals surface area contributed by atoms with Crippen LogP contribution < -0.4 is 0 Å². The molecule has 0 heterocycles. The highest BCUT2D eigenvalue weighted by atomic mass is 79.9. The largest absolute Gasteiger partial charge is 0.478 e. The molecular weight excluding hydrogens is 292 g/mol. The highest BCUT2D eigenvalue weighted by molar-refractivity contribution is 9.10. The number of hydrogen-bond donors (Lipinski definition) is 1. The van der Waals surface area contributed by atoms with Crippen molar-refractivity contribution in [2.24, 2.45) is 0 Å². The van der Waals surface area contributed by atoms with E-state index in [0.717, 1.165) is 12.8 Å². The summed E-state index contributed by atoms with van der Waals surface area (Å²) in [6.45, 7) is 8.85. The van der Waals surface area contributed by atoms with Crippen LogP contribution in [0.4, 0.5) is 0 Å². The molecule has 1 aliphatic rings. The second-order valence-corrected chi connectivity index (χ2v) is 7.30. The monoisotopic (exact) mass is 310 g/mol. The lowest BCUT2D eigenvalue weighted by molar-refractivity contribution is 0.0695. The van der Waals surface area contributed by atoms with Gasteiger partial charge in [0.2, 0.25) is 0 Å². The summed E-state index contributed by atoms with van der Waals surface area (Å²) >= 11 is 3.38. The normalized spacial score (nSPS) is 20.3. The molecular formula is C15H19BrO2. The molecule has 1 aromatic carbocycles. The highest BCUT2D eigenvalue weighted by Gasteiger charge is 2.37. The Bertz CT molecular complexity index is 515. The maximum atomic E-state index is 11.2. The third-order valence-electron chi connectivity index (χ3n) is 4.17. The molecule has 0 saturated heterocycles. The van der Waals surface area contributed by atoms with Crippen LogP contribution in [0, 0.1) is 0 Å². The van der Waals surface area contributed by atoms with Crippen molar-refractivity contribution in [3.05, 3.63) is 33.3 Å². The van der Waals surface area contributed by atoms with Crippen LogP contribution in [0.1, 0.15) is 62.0 Å². The van der Waals surface area contributed by atoms with Crippen molar-refractivity contribution in [1.82, 2.24) is 0 Å². The minimum Gasteiger partial charge on any atom is -0.478 e. The van der Waals surface area contributed by atoms with Gasteiger partial charge in [-0.2, -0.15) is 0 Å². The van der Waals surface area contributed by atoms with E-state index in [2.05, 4.69) is 43.6 Å². The first-order chi connectivity index (χ1) is 8.15. The average Bonchev–Trinajstić information content (AvgIpc) is 2.24. The van der Waals surface area contributed by atoms with Gasteiger partial charge in [0.1, 0.15) is 0 Å². The van der Waals surface area contributed by atoms with Crippen LogP contribution in [0.2, 0.25) is 0 Å². The highest BCUT2D eigenvalue weighted by Crippen LogP contribution is 2.47. The number of halogens is 1. The number of carboxylic acid groups (broad SMARTS) is 1. The summed E-state index contributed by atoms with van der Waals surface area (Å²) in [7, 11) is 0. The molecule has 0 bridgehead atoms. The van der Waals surface area contributed by atoms with Crippen molar-refractivity contribution in [3.8, 4) is 0 Å². The van der Waals surface area contributed by atoms with E-state index in [1.165, 1.54) is 11.1 Å². The lowest BCUT2D eigenvalue weighted by Crippen LogP contribution is -2.34. The van der Waals surface area contributed by atoms with E-state index in [1.807, 2.05) is 12.1 Å². The van der Waals surface area contributed by atoms with Crippen molar-refractivity contribution in [3.63, 3.8) is 0 Å². The molecule has 1 aromatic rings. The number of carbonyl (C=O) groups is 1. The summed E-state index contributed by atoms with van der Waals surface area (Å²) in [6.07, 6.45) is 2.22. The number of aromatic carboxylic acids is 1. The van der Waals surface area contributed by atoms with E-state index in [0.29, 0.717) is 10.0 Å². The van der Waals surface area contributed by atoms with Gasteiger partial charge in [-0.25, -0.2) is 4.79 Å². The number of benzene rings is 1. The van der Waals surface area contributed by atoms with Gasteiger partial charge in [-0.3, -0.25) is 0 Å². The summed E-state index contributed by atoms with van der Waals surface area (Å²) in [4.78, 5) is 11.2. The van der Waals surface area contributed by atoms with Gasteiger partial charge in [0.05, 0.1) is 5.56 Å². The van der Waals surface area contributed by atoms with Crippen LogP contribution in [-0.2, 0) is 10.8 Å². The fourth-order valence-corrected chi connectivity index (χ4v) is 3.26. The Kier molecular flexibility index (Phi) is 3.09. The fraction of sp³-hybridized carbons (Fsp3) is 0.533. The van der Waals surface area contributed by atoms with Crippen LogP contribution in [0.15, 0.2) is 16.6 Å². The Hall–Kier alpha value is -0.830. The van der Waals surface area contributed by atoms with Gasteiger partial charge in [0.15, 0.2) is 0 Å². The SMILES string of the molecule is CC1(C)CCC(C)(C)c2cc(C(=O)O)c(Br)cc21. The first-order valence-corrected chi connectivity index (χ1v) is 7.02. The molecule has 0 aromatic heterocycles. The maximum absolute atomic E-state index is 11.2. The van der Waals surface area contributed by atoms with Gasteiger partial charge in [-0.1, -0.05) is 27.7 Å². The lowest BCUT2D eigenvalue weighted by Gasteiger charge is -2.42. The number of carboxylic acids is 1. The van der Waals surface area contributed by atoms with E-state index in [-0.39, 0.29) is 10.8 Å². The molecule has 0 fully saturated rings. The van der Waals surface area contributed by atoms with Gasteiger partial charge in [0, 0.05) is 4.47 Å². The van der Waals surface area contributed by atoms with E-state index >= 15 is 0 Å². The molecule has 2 nitrogen and oxygen atoms in total.